The highest BCUT2D eigenvalue weighted by Gasteiger charge is 2.42. The van der Waals surface area contributed by atoms with E-state index in [0.717, 1.165) is 43.5 Å². The van der Waals surface area contributed by atoms with Crippen LogP contribution in [0.15, 0.2) is 23.0 Å². The fourth-order valence-corrected chi connectivity index (χ4v) is 4.41. The summed E-state index contributed by atoms with van der Waals surface area (Å²) in [6, 6.07) is 3.96. The monoisotopic (exact) mass is 355 g/mol. The van der Waals surface area contributed by atoms with E-state index in [0.29, 0.717) is 17.5 Å². The van der Waals surface area contributed by atoms with Gasteiger partial charge in [0, 0.05) is 43.4 Å². The van der Waals surface area contributed by atoms with Crippen LogP contribution in [0.1, 0.15) is 16.3 Å². The lowest BCUT2D eigenvalue weighted by molar-refractivity contribution is 0.0777. The Hall–Kier alpha value is -2.55. The van der Waals surface area contributed by atoms with Crippen molar-refractivity contribution >= 4 is 28.7 Å². The van der Waals surface area contributed by atoms with Gasteiger partial charge in [-0.3, -0.25) is 4.79 Å². The van der Waals surface area contributed by atoms with E-state index in [1.54, 1.807) is 10.0 Å². The highest BCUT2D eigenvalue weighted by atomic mass is 32.1. The number of aromatic nitrogens is 5. The molecular weight excluding hydrogens is 338 g/mol. The molecule has 2 fully saturated rings. The maximum atomic E-state index is 12.5. The molecule has 0 aromatic carbocycles. The molecule has 8 nitrogen and oxygen atoms in total. The predicted octanol–water partition coefficient (Wildman–Crippen LogP) is 1.10. The maximum Gasteiger partial charge on any atom is 0.273 e. The summed E-state index contributed by atoms with van der Waals surface area (Å²) in [5.41, 5.74) is 3.04. The van der Waals surface area contributed by atoms with Crippen LogP contribution < -0.4 is 4.90 Å². The van der Waals surface area contributed by atoms with Crippen molar-refractivity contribution in [1.82, 2.24) is 29.7 Å². The molecule has 0 spiro atoms. The van der Waals surface area contributed by atoms with Gasteiger partial charge in [0.15, 0.2) is 11.5 Å². The molecule has 0 radical (unpaired) electrons. The van der Waals surface area contributed by atoms with Crippen LogP contribution >= 0.6 is 11.3 Å². The zero-order valence-corrected chi connectivity index (χ0v) is 14.6. The highest BCUT2D eigenvalue weighted by molar-refractivity contribution is 7.07. The van der Waals surface area contributed by atoms with Gasteiger partial charge in [0.05, 0.1) is 5.51 Å². The highest BCUT2D eigenvalue weighted by Crippen LogP contribution is 2.33. The van der Waals surface area contributed by atoms with E-state index in [4.69, 9.17) is 0 Å². The van der Waals surface area contributed by atoms with E-state index in [1.165, 1.54) is 11.3 Å². The number of nitrogens with zero attached hydrogens (tertiary/aromatic N) is 7. The molecule has 2 atom stereocenters. The summed E-state index contributed by atoms with van der Waals surface area (Å²) < 4.78 is 1.78. The van der Waals surface area contributed by atoms with Crippen LogP contribution in [0.25, 0.3) is 5.65 Å². The smallest absolute Gasteiger partial charge is 0.273 e. The molecule has 9 heteroatoms. The van der Waals surface area contributed by atoms with Gasteiger partial charge in [0.2, 0.25) is 0 Å². The molecule has 2 aliphatic heterocycles. The Morgan fingerprint density at radius 1 is 1.16 bits per heavy atom. The van der Waals surface area contributed by atoms with E-state index < -0.39 is 0 Å². The van der Waals surface area contributed by atoms with Gasteiger partial charge in [-0.05, 0) is 19.1 Å². The minimum Gasteiger partial charge on any atom is -0.354 e. The predicted molar refractivity (Wildman–Crippen MR) is 92.7 cm³/mol. The molecule has 3 aromatic heterocycles. The van der Waals surface area contributed by atoms with Gasteiger partial charge in [0.1, 0.15) is 11.5 Å². The van der Waals surface area contributed by atoms with E-state index in [-0.39, 0.29) is 5.91 Å². The van der Waals surface area contributed by atoms with Gasteiger partial charge >= 0.3 is 0 Å². The SMILES string of the molecule is Cc1nnc2ccc(N3CC4CN(C(=O)c5cscn5)CC4C3)nn12. The summed E-state index contributed by atoms with van der Waals surface area (Å²) in [7, 11) is 0. The molecular formula is C16H17N7OS. The number of fused-ring (bicyclic) bond motifs is 2. The van der Waals surface area contributed by atoms with Crippen LogP contribution in [0.5, 0.6) is 0 Å². The zero-order chi connectivity index (χ0) is 17.0. The van der Waals surface area contributed by atoms with Crippen molar-refractivity contribution in [3.8, 4) is 0 Å². The molecule has 2 aliphatic rings. The van der Waals surface area contributed by atoms with Gasteiger partial charge in [-0.2, -0.15) is 4.52 Å². The summed E-state index contributed by atoms with van der Waals surface area (Å²) in [6.45, 7) is 5.34. The molecule has 2 unspecified atom stereocenters. The van der Waals surface area contributed by atoms with Crippen LogP contribution in [0.4, 0.5) is 5.82 Å². The molecule has 0 N–H and O–H groups in total. The molecule has 128 valence electrons. The number of amides is 1. The van der Waals surface area contributed by atoms with Crippen molar-refractivity contribution < 1.29 is 4.79 Å². The lowest BCUT2D eigenvalue weighted by atomic mass is 10.0. The Morgan fingerprint density at radius 3 is 2.68 bits per heavy atom. The fourth-order valence-electron chi connectivity index (χ4n) is 3.88. The quantitative estimate of drug-likeness (QED) is 0.685. The number of hydrogen-bond acceptors (Lipinski definition) is 7. The normalized spacial score (nSPS) is 22.8. The van der Waals surface area contributed by atoms with E-state index in [2.05, 4.69) is 25.2 Å². The van der Waals surface area contributed by atoms with Crippen molar-refractivity contribution in [1.29, 1.82) is 0 Å². The van der Waals surface area contributed by atoms with Crippen molar-refractivity contribution in [3.05, 3.63) is 34.5 Å². The number of anilines is 1. The molecule has 0 bridgehead atoms. The summed E-state index contributed by atoms with van der Waals surface area (Å²) in [6.07, 6.45) is 0. The Bertz CT molecular complexity index is 923. The lowest BCUT2D eigenvalue weighted by Crippen LogP contribution is -2.33. The fraction of sp³-hybridized carbons (Fsp3) is 0.438. The van der Waals surface area contributed by atoms with Crippen molar-refractivity contribution in [2.45, 2.75) is 6.92 Å². The molecule has 2 saturated heterocycles. The largest absolute Gasteiger partial charge is 0.354 e. The van der Waals surface area contributed by atoms with Gasteiger partial charge in [-0.25, -0.2) is 4.98 Å². The van der Waals surface area contributed by atoms with Crippen LogP contribution in [0, 0.1) is 18.8 Å². The molecule has 5 rings (SSSR count). The first kappa shape index (κ1) is 14.8. The van der Waals surface area contributed by atoms with Crippen molar-refractivity contribution in [3.63, 3.8) is 0 Å². The number of hydrogen-bond donors (Lipinski definition) is 0. The third-order valence-electron chi connectivity index (χ3n) is 5.15. The molecule has 25 heavy (non-hydrogen) atoms. The summed E-state index contributed by atoms with van der Waals surface area (Å²) in [5.74, 6) is 2.77. The second-order valence-electron chi connectivity index (χ2n) is 6.72. The second kappa shape index (κ2) is 5.48. The number of aryl methyl sites for hydroxylation is 1. The van der Waals surface area contributed by atoms with Crippen molar-refractivity contribution in [2.24, 2.45) is 11.8 Å². The maximum absolute atomic E-state index is 12.5. The average Bonchev–Trinajstić information content (AvgIpc) is 3.37. The standard InChI is InChI=1S/C16H17N7OS/c1-10-18-19-14-2-3-15(20-23(10)14)21-4-11-6-22(7-12(11)5-21)16(24)13-8-25-9-17-13/h2-3,8-9,11-12H,4-7H2,1H3. The average molecular weight is 355 g/mol. The molecule has 0 saturated carbocycles. The summed E-state index contributed by atoms with van der Waals surface area (Å²) in [5, 5.41) is 14.6. The molecule has 5 heterocycles. The number of carbonyl (C=O) groups excluding carboxylic acids is 1. The second-order valence-corrected chi connectivity index (χ2v) is 7.44. The molecule has 3 aromatic rings. The number of rotatable bonds is 2. The minimum absolute atomic E-state index is 0.0573. The first-order valence-electron chi connectivity index (χ1n) is 8.30. The third-order valence-corrected chi connectivity index (χ3v) is 5.74. The van der Waals surface area contributed by atoms with E-state index in [9.17, 15) is 4.79 Å². The minimum atomic E-state index is 0.0573. The van der Waals surface area contributed by atoms with Gasteiger partial charge in [-0.1, -0.05) is 0 Å². The number of thiazole rings is 1. The van der Waals surface area contributed by atoms with Gasteiger partial charge < -0.3 is 9.80 Å². The van der Waals surface area contributed by atoms with Gasteiger partial charge in [0.25, 0.3) is 5.91 Å². The summed E-state index contributed by atoms with van der Waals surface area (Å²) in [4.78, 5) is 20.9. The lowest BCUT2D eigenvalue weighted by Gasteiger charge is -2.22. The molecule has 0 aliphatic carbocycles. The number of carbonyl (C=O) groups is 1. The van der Waals surface area contributed by atoms with Crippen LogP contribution in [-0.2, 0) is 0 Å². The van der Waals surface area contributed by atoms with Crippen LogP contribution in [0.2, 0.25) is 0 Å². The Balaban J connectivity index is 1.31. The van der Waals surface area contributed by atoms with Crippen LogP contribution in [0.3, 0.4) is 0 Å². The van der Waals surface area contributed by atoms with E-state index in [1.807, 2.05) is 29.3 Å². The summed E-state index contributed by atoms with van der Waals surface area (Å²) >= 11 is 1.46. The molecule has 1 amide bonds. The number of likely N-dealkylation sites (tertiary alicyclic amines) is 1. The third kappa shape index (κ3) is 2.38. The van der Waals surface area contributed by atoms with Gasteiger partial charge in [-0.15, -0.1) is 26.6 Å². The zero-order valence-electron chi connectivity index (χ0n) is 13.7. The Labute approximate surface area is 148 Å². The van der Waals surface area contributed by atoms with E-state index >= 15 is 0 Å². The first-order chi connectivity index (χ1) is 12.2. The topological polar surface area (TPSA) is 79.5 Å². The Morgan fingerprint density at radius 2 is 1.96 bits per heavy atom. The van der Waals surface area contributed by atoms with Crippen molar-refractivity contribution in [2.75, 3.05) is 31.1 Å². The van der Waals surface area contributed by atoms with Crippen LogP contribution in [-0.4, -0.2) is 61.8 Å². The first-order valence-corrected chi connectivity index (χ1v) is 9.25. The Kier molecular flexibility index (Phi) is 3.24.